The van der Waals surface area contributed by atoms with E-state index in [1.54, 1.807) is 6.07 Å². The van der Waals surface area contributed by atoms with E-state index in [0.717, 1.165) is 19.3 Å². The Bertz CT molecular complexity index is 557. The van der Waals surface area contributed by atoms with Crippen molar-refractivity contribution in [2.45, 2.75) is 25.3 Å². The van der Waals surface area contributed by atoms with Crippen molar-refractivity contribution in [2.24, 2.45) is 0 Å². The third kappa shape index (κ3) is 3.84. The van der Waals surface area contributed by atoms with Gasteiger partial charge in [-0.05, 0) is 53.4 Å². The lowest BCUT2D eigenvalue weighted by Gasteiger charge is -2.20. The Labute approximate surface area is 125 Å². The molecule has 0 saturated heterocycles. The predicted molar refractivity (Wildman–Crippen MR) is 80.0 cm³/mol. The molecule has 0 spiro atoms. The second kappa shape index (κ2) is 6.56. The van der Waals surface area contributed by atoms with Crippen LogP contribution < -0.4 is 10.6 Å². The fraction of sp³-hybridized carbons (Fsp3) is 0.286. The van der Waals surface area contributed by atoms with Gasteiger partial charge >= 0.3 is 12.0 Å². The fourth-order valence-electron chi connectivity index (χ4n) is 2.02. The Balaban J connectivity index is 2.01. The first kappa shape index (κ1) is 14.6. The number of aromatic carboxylic acids is 1. The van der Waals surface area contributed by atoms with Gasteiger partial charge < -0.3 is 15.7 Å². The summed E-state index contributed by atoms with van der Waals surface area (Å²) < 4.78 is 0.640. The summed E-state index contributed by atoms with van der Waals surface area (Å²) >= 11 is 3.29. The summed E-state index contributed by atoms with van der Waals surface area (Å²) in [7, 11) is 0. The molecule has 2 rings (SSSR count). The number of amides is 2. The molecule has 5 nitrogen and oxygen atoms in total. The highest BCUT2D eigenvalue weighted by atomic mass is 79.9. The summed E-state index contributed by atoms with van der Waals surface area (Å²) in [6.45, 7) is 0. The number of anilines is 1. The number of hydrogen-bond donors (Lipinski definition) is 3. The maximum atomic E-state index is 11.9. The summed E-state index contributed by atoms with van der Waals surface area (Å²) in [6, 6.07) is 4.30. The lowest BCUT2D eigenvalue weighted by Crippen LogP contribution is -2.38. The molecule has 2 amide bonds. The molecule has 1 aromatic carbocycles. The molecule has 3 N–H and O–H groups in total. The van der Waals surface area contributed by atoms with Gasteiger partial charge in [-0.15, -0.1) is 0 Å². The van der Waals surface area contributed by atoms with Gasteiger partial charge in [-0.3, -0.25) is 0 Å². The highest BCUT2D eigenvalue weighted by Crippen LogP contribution is 2.23. The number of carboxylic acids is 1. The van der Waals surface area contributed by atoms with Crippen molar-refractivity contribution in [2.75, 3.05) is 5.32 Å². The molecule has 20 heavy (non-hydrogen) atoms. The largest absolute Gasteiger partial charge is 0.478 e. The van der Waals surface area contributed by atoms with Gasteiger partial charge in [0.05, 0.1) is 11.3 Å². The Morgan fingerprint density at radius 2 is 2.10 bits per heavy atom. The average molecular weight is 339 g/mol. The van der Waals surface area contributed by atoms with Crippen molar-refractivity contribution in [1.82, 2.24) is 5.32 Å². The molecule has 0 aliphatic heterocycles. The smallest absolute Gasteiger partial charge is 0.335 e. The molecule has 1 unspecified atom stereocenters. The van der Waals surface area contributed by atoms with E-state index < -0.39 is 5.97 Å². The van der Waals surface area contributed by atoms with Gasteiger partial charge in [-0.1, -0.05) is 12.2 Å². The van der Waals surface area contributed by atoms with Crippen LogP contribution in [-0.4, -0.2) is 23.1 Å². The average Bonchev–Trinajstić information content (AvgIpc) is 2.42. The van der Waals surface area contributed by atoms with Crippen LogP contribution in [0.1, 0.15) is 29.6 Å². The van der Waals surface area contributed by atoms with Crippen LogP contribution in [0.4, 0.5) is 10.5 Å². The predicted octanol–water partition coefficient (Wildman–Crippen LogP) is 3.38. The lowest BCUT2D eigenvalue weighted by atomic mass is 10.0. The number of benzene rings is 1. The van der Waals surface area contributed by atoms with Crippen LogP contribution in [0.2, 0.25) is 0 Å². The van der Waals surface area contributed by atoms with Crippen LogP contribution in [0.25, 0.3) is 0 Å². The van der Waals surface area contributed by atoms with Gasteiger partial charge in [-0.25, -0.2) is 9.59 Å². The van der Waals surface area contributed by atoms with Gasteiger partial charge in [0.2, 0.25) is 0 Å². The van der Waals surface area contributed by atoms with Crippen LogP contribution in [0.5, 0.6) is 0 Å². The van der Waals surface area contributed by atoms with Gasteiger partial charge in [0.1, 0.15) is 0 Å². The first-order valence-corrected chi connectivity index (χ1v) is 7.11. The minimum absolute atomic E-state index is 0.126. The number of urea groups is 1. The zero-order chi connectivity index (χ0) is 14.5. The van der Waals surface area contributed by atoms with Crippen molar-refractivity contribution in [3.63, 3.8) is 0 Å². The van der Waals surface area contributed by atoms with Crippen LogP contribution >= 0.6 is 15.9 Å². The van der Waals surface area contributed by atoms with Crippen molar-refractivity contribution in [1.29, 1.82) is 0 Å². The summed E-state index contributed by atoms with van der Waals surface area (Å²) in [5.74, 6) is -1.03. The van der Waals surface area contributed by atoms with E-state index in [9.17, 15) is 9.59 Å². The number of hydrogen-bond acceptors (Lipinski definition) is 2. The molecule has 1 aliphatic rings. The highest BCUT2D eigenvalue weighted by Gasteiger charge is 2.14. The maximum absolute atomic E-state index is 11.9. The number of carbonyl (C=O) groups is 2. The Morgan fingerprint density at radius 3 is 2.75 bits per heavy atom. The Morgan fingerprint density at radius 1 is 1.30 bits per heavy atom. The van der Waals surface area contributed by atoms with E-state index in [1.165, 1.54) is 12.1 Å². The summed E-state index contributed by atoms with van der Waals surface area (Å²) in [5.41, 5.74) is 0.567. The molecule has 0 saturated carbocycles. The van der Waals surface area contributed by atoms with Crippen molar-refractivity contribution >= 4 is 33.6 Å². The van der Waals surface area contributed by atoms with Crippen molar-refractivity contribution < 1.29 is 14.7 Å². The Kier molecular flexibility index (Phi) is 4.79. The molecule has 106 valence electrons. The summed E-state index contributed by atoms with van der Waals surface area (Å²) in [5, 5.41) is 14.5. The monoisotopic (exact) mass is 338 g/mol. The fourth-order valence-corrected chi connectivity index (χ4v) is 2.37. The van der Waals surface area contributed by atoms with Crippen LogP contribution in [0.3, 0.4) is 0 Å². The molecule has 0 bridgehead atoms. The molecule has 1 aromatic rings. The van der Waals surface area contributed by atoms with Crippen molar-refractivity contribution in [3.05, 3.63) is 40.4 Å². The lowest BCUT2D eigenvalue weighted by molar-refractivity contribution is 0.0697. The number of rotatable bonds is 3. The van der Waals surface area contributed by atoms with E-state index >= 15 is 0 Å². The molecule has 6 heteroatoms. The minimum atomic E-state index is -1.03. The summed E-state index contributed by atoms with van der Waals surface area (Å²) in [4.78, 5) is 22.8. The van der Waals surface area contributed by atoms with E-state index in [2.05, 4.69) is 38.7 Å². The van der Waals surface area contributed by atoms with E-state index in [-0.39, 0.29) is 17.6 Å². The molecular weight excluding hydrogens is 324 g/mol. The number of allylic oxidation sites excluding steroid dienone is 1. The zero-order valence-electron chi connectivity index (χ0n) is 10.7. The maximum Gasteiger partial charge on any atom is 0.335 e. The third-order valence-electron chi connectivity index (χ3n) is 3.07. The number of carbonyl (C=O) groups excluding carboxylic acids is 1. The first-order valence-electron chi connectivity index (χ1n) is 6.31. The zero-order valence-corrected chi connectivity index (χ0v) is 12.3. The Hall–Kier alpha value is -1.82. The van der Waals surface area contributed by atoms with Crippen LogP contribution in [-0.2, 0) is 0 Å². The number of nitrogens with one attached hydrogen (secondary N) is 2. The van der Waals surface area contributed by atoms with Gasteiger partial charge in [-0.2, -0.15) is 0 Å². The second-order valence-electron chi connectivity index (χ2n) is 4.58. The highest BCUT2D eigenvalue weighted by molar-refractivity contribution is 9.10. The third-order valence-corrected chi connectivity index (χ3v) is 3.76. The van der Waals surface area contributed by atoms with Gasteiger partial charge in [0.15, 0.2) is 0 Å². The molecular formula is C14H15BrN2O3. The minimum Gasteiger partial charge on any atom is -0.478 e. The molecule has 1 aliphatic carbocycles. The normalized spacial score (nSPS) is 17.6. The van der Waals surface area contributed by atoms with Gasteiger partial charge in [0.25, 0.3) is 0 Å². The van der Waals surface area contributed by atoms with Gasteiger partial charge in [0, 0.05) is 10.5 Å². The van der Waals surface area contributed by atoms with E-state index in [0.29, 0.717) is 10.2 Å². The number of carboxylic acid groups (broad SMARTS) is 1. The van der Waals surface area contributed by atoms with Crippen LogP contribution in [0.15, 0.2) is 34.8 Å². The molecule has 1 atom stereocenters. The molecule has 0 fully saturated rings. The molecule has 0 heterocycles. The van der Waals surface area contributed by atoms with Crippen LogP contribution in [0, 0.1) is 0 Å². The quantitative estimate of drug-likeness (QED) is 0.739. The van der Waals surface area contributed by atoms with E-state index in [4.69, 9.17) is 5.11 Å². The van der Waals surface area contributed by atoms with E-state index in [1.807, 2.05) is 0 Å². The molecule has 0 aromatic heterocycles. The topological polar surface area (TPSA) is 78.4 Å². The standard InChI is InChI=1S/C14H15BrN2O3/c15-11-7-6-9(13(18)19)8-12(11)17-14(20)16-10-4-2-1-3-5-10/h1-2,6-8,10H,3-5H2,(H,18,19)(H2,16,17,20). The van der Waals surface area contributed by atoms with Crippen molar-refractivity contribution in [3.8, 4) is 0 Å². The first-order chi connectivity index (χ1) is 9.56. The number of halogens is 1. The SMILES string of the molecule is O=C(Nc1cc(C(=O)O)ccc1Br)NC1CC=CCC1. The second-order valence-corrected chi connectivity index (χ2v) is 5.43. The summed E-state index contributed by atoms with van der Waals surface area (Å²) in [6.07, 6.45) is 6.85. The molecule has 0 radical (unpaired) electrons.